The van der Waals surface area contributed by atoms with E-state index in [0.717, 1.165) is 36.6 Å². The minimum atomic E-state index is 0. The number of guanidine groups is 1. The maximum Gasteiger partial charge on any atom is 0.227 e. The van der Waals surface area contributed by atoms with Gasteiger partial charge in [0, 0.05) is 36.6 Å². The van der Waals surface area contributed by atoms with Gasteiger partial charge in [-0.2, -0.15) is 0 Å². The third kappa shape index (κ3) is 9.16. The van der Waals surface area contributed by atoms with Gasteiger partial charge < -0.3 is 16.0 Å². The van der Waals surface area contributed by atoms with Crippen molar-refractivity contribution in [1.29, 1.82) is 0 Å². The van der Waals surface area contributed by atoms with Crippen molar-refractivity contribution in [2.75, 3.05) is 18.9 Å². The van der Waals surface area contributed by atoms with Crippen LogP contribution in [0.25, 0.3) is 0 Å². The molecule has 1 aromatic carbocycles. The molecule has 0 fully saturated rings. The lowest BCUT2D eigenvalue weighted by atomic mass is 10.1. The van der Waals surface area contributed by atoms with E-state index >= 15 is 0 Å². The number of nitrogens with one attached hydrogen (secondary N) is 3. The Morgan fingerprint density at radius 2 is 1.97 bits per heavy atom. The average molecular weight is 529 g/mol. The first-order valence-electron chi connectivity index (χ1n) is 9.88. The van der Waals surface area contributed by atoms with Crippen molar-refractivity contribution in [2.45, 2.75) is 40.2 Å². The van der Waals surface area contributed by atoms with E-state index in [-0.39, 0.29) is 35.8 Å². The molecule has 0 saturated heterocycles. The van der Waals surface area contributed by atoms with E-state index in [4.69, 9.17) is 0 Å². The average Bonchev–Trinajstić information content (AvgIpc) is 3.20. The zero-order chi connectivity index (χ0) is 20.4. The van der Waals surface area contributed by atoms with Crippen molar-refractivity contribution in [3.8, 4) is 0 Å². The van der Waals surface area contributed by atoms with Crippen LogP contribution in [-0.2, 0) is 17.8 Å². The van der Waals surface area contributed by atoms with E-state index in [1.807, 2.05) is 38.1 Å². The van der Waals surface area contributed by atoms with Crippen molar-refractivity contribution in [3.63, 3.8) is 0 Å². The Morgan fingerprint density at radius 3 is 2.62 bits per heavy atom. The van der Waals surface area contributed by atoms with Crippen LogP contribution in [0.4, 0.5) is 5.69 Å². The largest absolute Gasteiger partial charge is 0.356 e. The summed E-state index contributed by atoms with van der Waals surface area (Å²) in [5.74, 6) is 1.38. The standard InChI is InChI=1S/C22H32N4OS.HI/c1-5-17(3)21(27)26-19-9-6-8-18(13-19)15-25-22(23-4)24-14-16(2)12-20-10-7-11-28-20;/h6-11,13,16-17H,5,12,14-15H2,1-4H3,(H,26,27)(H2,23,24,25);1H. The van der Waals surface area contributed by atoms with Gasteiger partial charge in [-0.05, 0) is 47.9 Å². The maximum atomic E-state index is 12.1. The lowest BCUT2D eigenvalue weighted by Crippen LogP contribution is -2.39. The monoisotopic (exact) mass is 528 g/mol. The molecule has 0 aliphatic heterocycles. The lowest BCUT2D eigenvalue weighted by molar-refractivity contribution is -0.119. The molecule has 7 heteroatoms. The van der Waals surface area contributed by atoms with E-state index in [1.54, 1.807) is 18.4 Å². The van der Waals surface area contributed by atoms with Crippen LogP contribution in [-0.4, -0.2) is 25.5 Å². The Hall–Kier alpha value is -1.61. The summed E-state index contributed by atoms with van der Waals surface area (Å²) in [6.07, 6.45) is 1.90. The second kappa shape index (κ2) is 13.6. The molecule has 5 nitrogen and oxygen atoms in total. The van der Waals surface area contributed by atoms with Gasteiger partial charge >= 0.3 is 0 Å². The number of aliphatic imine (C=N–C) groups is 1. The molecule has 0 aliphatic rings. The van der Waals surface area contributed by atoms with Gasteiger partial charge in [-0.1, -0.05) is 39.0 Å². The quantitative estimate of drug-likeness (QED) is 0.247. The summed E-state index contributed by atoms with van der Waals surface area (Å²) in [7, 11) is 1.78. The second-order valence-corrected chi connectivity index (χ2v) is 8.23. The highest BCUT2D eigenvalue weighted by Crippen LogP contribution is 2.14. The molecule has 0 radical (unpaired) electrons. The van der Waals surface area contributed by atoms with Gasteiger partial charge in [-0.15, -0.1) is 35.3 Å². The highest BCUT2D eigenvalue weighted by atomic mass is 127. The summed E-state index contributed by atoms with van der Waals surface area (Å²) in [5, 5.41) is 11.8. The third-order valence-corrected chi connectivity index (χ3v) is 5.58. The molecule has 160 valence electrons. The molecule has 3 N–H and O–H groups in total. The molecule has 0 spiro atoms. The van der Waals surface area contributed by atoms with Crippen molar-refractivity contribution < 1.29 is 4.79 Å². The highest BCUT2D eigenvalue weighted by Gasteiger charge is 2.11. The smallest absolute Gasteiger partial charge is 0.227 e. The Balaban J connectivity index is 0.00000420. The van der Waals surface area contributed by atoms with Crippen molar-refractivity contribution in [2.24, 2.45) is 16.8 Å². The van der Waals surface area contributed by atoms with Crippen molar-refractivity contribution in [3.05, 3.63) is 52.2 Å². The second-order valence-electron chi connectivity index (χ2n) is 7.19. The predicted octanol–water partition coefficient (Wildman–Crippen LogP) is 4.89. The van der Waals surface area contributed by atoms with E-state index in [9.17, 15) is 4.79 Å². The number of halogens is 1. The number of hydrogen-bond donors (Lipinski definition) is 3. The number of hydrogen-bond acceptors (Lipinski definition) is 3. The molecule has 2 rings (SSSR count). The Bertz CT molecular complexity index is 764. The lowest BCUT2D eigenvalue weighted by Gasteiger charge is -2.16. The fraction of sp³-hybridized carbons (Fsp3) is 0.455. The highest BCUT2D eigenvalue weighted by molar-refractivity contribution is 14.0. The molecule has 2 aromatic rings. The Kier molecular flexibility index (Phi) is 11.9. The van der Waals surface area contributed by atoms with E-state index in [2.05, 4.69) is 45.4 Å². The summed E-state index contributed by atoms with van der Waals surface area (Å²) in [6, 6.07) is 12.2. The predicted molar refractivity (Wildman–Crippen MR) is 135 cm³/mol. The van der Waals surface area contributed by atoms with Crippen LogP contribution in [0.2, 0.25) is 0 Å². The summed E-state index contributed by atoms with van der Waals surface area (Å²) in [5.41, 5.74) is 1.92. The van der Waals surface area contributed by atoms with Crippen LogP contribution in [0, 0.1) is 11.8 Å². The summed E-state index contributed by atoms with van der Waals surface area (Å²) in [6.45, 7) is 7.71. The molecule has 0 aliphatic carbocycles. The van der Waals surface area contributed by atoms with Crippen LogP contribution in [0.3, 0.4) is 0 Å². The number of thiophene rings is 1. The summed E-state index contributed by atoms with van der Waals surface area (Å²) in [4.78, 5) is 17.8. The van der Waals surface area contributed by atoms with E-state index < -0.39 is 0 Å². The fourth-order valence-electron chi connectivity index (χ4n) is 2.73. The zero-order valence-corrected chi connectivity index (χ0v) is 20.8. The first kappa shape index (κ1) is 25.4. The summed E-state index contributed by atoms with van der Waals surface area (Å²) < 4.78 is 0. The Labute approximate surface area is 195 Å². The number of benzene rings is 1. The fourth-order valence-corrected chi connectivity index (χ4v) is 3.60. The molecule has 0 bridgehead atoms. The molecule has 0 saturated carbocycles. The molecular formula is C22H33IN4OS. The molecular weight excluding hydrogens is 495 g/mol. The number of nitrogens with zero attached hydrogens (tertiary/aromatic N) is 1. The number of rotatable bonds is 9. The Morgan fingerprint density at radius 1 is 1.17 bits per heavy atom. The first-order valence-corrected chi connectivity index (χ1v) is 10.8. The molecule has 2 atom stereocenters. The van der Waals surface area contributed by atoms with Crippen LogP contribution < -0.4 is 16.0 Å². The maximum absolute atomic E-state index is 12.1. The van der Waals surface area contributed by atoms with Crippen LogP contribution in [0.5, 0.6) is 0 Å². The molecule has 1 aromatic heterocycles. The number of carbonyl (C=O) groups excluding carboxylic acids is 1. The molecule has 29 heavy (non-hydrogen) atoms. The van der Waals surface area contributed by atoms with Crippen LogP contribution >= 0.6 is 35.3 Å². The van der Waals surface area contributed by atoms with E-state index in [0.29, 0.717) is 12.5 Å². The first-order chi connectivity index (χ1) is 13.5. The van der Waals surface area contributed by atoms with Crippen LogP contribution in [0.1, 0.15) is 37.6 Å². The minimum absolute atomic E-state index is 0. The van der Waals surface area contributed by atoms with Gasteiger partial charge in [0.1, 0.15) is 0 Å². The van der Waals surface area contributed by atoms with Gasteiger partial charge in [0.2, 0.25) is 5.91 Å². The van der Waals surface area contributed by atoms with Crippen molar-refractivity contribution in [1.82, 2.24) is 10.6 Å². The van der Waals surface area contributed by atoms with Crippen molar-refractivity contribution >= 4 is 52.9 Å². The minimum Gasteiger partial charge on any atom is -0.356 e. The molecule has 2 unspecified atom stereocenters. The van der Waals surface area contributed by atoms with Crippen LogP contribution in [0.15, 0.2) is 46.8 Å². The molecule has 1 amide bonds. The third-order valence-electron chi connectivity index (χ3n) is 4.69. The number of anilines is 1. The van der Waals surface area contributed by atoms with Gasteiger partial charge in [0.25, 0.3) is 0 Å². The van der Waals surface area contributed by atoms with Gasteiger partial charge in [0.15, 0.2) is 5.96 Å². The number of amides is 1. The summed E-state index contributed by atoms with van der Waals surface area (Å²) >= 11 is 1.80. The normalized spacial score (nSPS) is 13.2. The SMILES string of the molecule is CCC(C)C(=O)Nc1cccc(CNC(=NC)NCC(C)Cc2cccs2)c1.I. The van der Waals surface area contributed by atoms with Gasteiger partial charge in [-0.25, -0.2) is 0 Å². The van der Waals surface area contributed by atoms with E-state index in [1.165, 1.54) is 4.88 Å². The number of carbonyl (C=O) groups is 1. The van der Waals surface area contributed by atoms with Gasteiger partial charge in [-0.3, -0.25) is 9.79 Å². The molecule has 1 heterocycles. The topological polar surface area (TPSA) is 65.5 Å². The zero-order valence-electron chi connectivity index (χ0n) is 17.7. The van der Waals surface area contributed by atoms with Gasteiger partial charge in [0.05, 0.1) is 0 Å².